The summed E-state index contributed by atoms with van der Waals surface area (Å²) in [6.45, 7) is 0. The van der Waals surface area contributed by atoms with Gasteiger partial charge in [-0.05, 0) is 12.1 Å². The quantitative estimate of drug-likeness (QED) is 0.359. The molecule has 0 spiro atoms. The van der Waals surface area contributed by atoms with Crippen LogP contribution in [0.4, 0.5) is 5.69 Å². The van der Waals surface area contributed by atoms with Gasteiger partial charge in [0.25, 0.3) is 0 Å². The largest absolute Gasteiger partial charge is 0.324 e. The Kier molecular flexibility index (Phi) is 2.02. The van der Waals surface area contributed by atoms with Crippen LogP contribution in [0.5, 0.6) is 0 Å². The first-order chi connectivity index (χ1) is 4.86. The van der Waals surface area contributed by atoms with Crippen LogP contribution in [0.25, 0.3) is 0 Å². The minimum atomic E-state index is 0.621. The molecule has 1 aromatic carbocycles. The highest BCUT2D eigenvalue weighted by molar-refractivity contribution is 5.76. The lowest BCUT2D eigenvalue weighted by molar-refractivity contribution is 0.112. The second kappa shape index (κ2) is 2.98. The van der Waals surface area contributed by atoms with Gasteiger partial charge in [-0.3, -0.25) is 10.6 Å². The van der Waals surface area contributed by atoms with Crippen LogP contribution in [-0.2, 0) is 0 Å². The molecule has 0 bridgehead atoms. The minimum Gasteiger partial charge on any atom is -0.324 e. The number of carbonyl (C=O) groups is 1. The summed E-state index contributed by atoms with van der Waals surface area (Å²) in [4.78, 5) is 10.2. The molecule has 0 amide bonds. The number of hydrazine groups is 1. The molecule has 0 aliphatic rings. The summed E-state index contributed by atoms with van der Waals surface area (Å²) in [6.07, 6.45) is 0.779. The molecule has 10 heavy (non-hydrogen) atoms. The lowest BCUT2D eigenvalue weighted by Gasteiger charge is -1.97. The van der Waals surface area contributed by atoms with E-state index in [-0.39, 0.29) is 0 Å². The second-order valence-corrected chi connectivity index (χ2v) is 1.89. The van der Waals surface area contributed by atoms with Crippen LogP contribution in [0.2, 0.25) is 0 Å². The van der Waals surface area contributed by atoms with Gasteiger partial charge in [0.2, 0.25) is 0 Å². The summed E-state index contributed by atoms with van der Waals surface area (Å²) in [6, 6.07) is 6.94. The Morgan fingerprint density at radius 3 is 2.90 bits per heavy atom. The molecule has 0 unspecified atom stereocenters. The summed E-state index contributed by atoms with van der Waals surface area (Å²) < 4.78 is 0. The van der Waals surface area contributed by atoms with E-state index in [9.17, 15) is 4.79 Å². The summed E-state index contributed by atoms with van der Waals surface area (Å²) in [5.74, 6) is 5.11. The first-order valence-corrected chi connectivity index (χ1v) is 2.88. The highest BCUT2D eigenvalue weighted by atomic mass is 16.1. The number of anilines is 1. The smallest absolute Gasteiger partial charge is 0.150 e. The molecule has 3 nitrogen and oxygen atoms in total. The van der Waals surface area contributed by atoms with Gasteiger partial charge in [0.15, 0.2) is 0 Å². The van der Waals surface area contributed by atoms with E-state index in [0.29, 0.717) is 5.56 Å². The molecule has 52 valence electrons. The second-order valence-electron chi connectivity index (χ2n) is 1.89. The maximum absolute atomic E-state index is 10.2. The Balaban J connectivity index is 2.98. The Morgan fingerprint density at radius 2 is 2.30 bits per heavy atom. The molecular formula is C7H8N2O. The Labute approximate surface area is 58.8 Å². The van der Waals surface area contributed by atoms with E-state index in [1.807, 2.05) is 0 Å². The number of nitrogen functional groups attached to an aromatic ring is 1. The zero-order valence-electron chi connectivity index (χ0n) is 5.37. The Morgan fingerprint density at radius 1 is 1.50 bits per heavy atom. The van der Waals surface area contributed by atoms with Gasteiger partial charge in [0, 0.05) is 11.3 Å². The lowest BCUT2D eigenvalue weighted by atomic mass is 10.2. The van der Waals surface area contributed by atoms with E-state index >= 15 is 0 Å². The van der Waals surface area contributed by atoms with Crippen LogP contribution in [-0.4, -0.2) is 6.29 Å². The number of hydrogen-bond donors (Lipinski definition) is 2. The summed E-state index contributed by atoms with van der Waals surface area (Å²) >= 11 is 0. The van der Waals surface area contributed by atoms with Crippen molar-refractivity contribution < 1.29 is 4.79 Å². The van der Waals surface area contributed by atoms with Gasteiger partial charge in [-0.15, -0.1) is 0 Å². The number of rotatable bonds is 2. The van der Waals surface area contributed by atoms with Crippen LogP contribution in [0, 0.1) is 0 Å². The molecule has 0 aromatic heterocycles. The number of nitrogens with two attached hydrogens (primary N) is 1. The van der Waals surface area contributed by atoms with Crippen molar-refractivity contribution >= 4 is 12.0 Å². The van der Waals surface area contributed by atoms with E-state index < -0.39 is 0 Å². The molecule has 1 aromatic rings. The van der Waals surface area contributed by atoms with E-state index in [0.717, 1.165) is 12.0 Å². The zero-order chi connectivity index (χ0) is 7.40. The van der Waals surface area contributed by atoms with E-state index in [4.69, 9.17) is 5.84 Å². The fourth-order valence-corrected chi connectivity index (χ4v) is 0.702. The number of nitrogens with one attached hydrogen (secondary N) is 1. The number of benzene rings is 1. The zero-order valence-corrected chi connectivity index (χ0v) is 5.37. The molecule has 0 saturated carbocycles. The van der Waals surface area contributed by atoms with Crippen molar-refractivity contribution in [3.63, 3.8) is 0 Å². The number of hydrogen-bond acceptors (Lipinski definition) is 3. The molecule has 1 rings (SSSR count). The van der Waals surface area contributed by atoms with Crippen molar-refractivity contribution in [1.82, 2.24) is 0 Å². The minimum absolute atomic E-state index is 0.621. The summed E-state index contributed by atoms with van der Waals surface area (Å²) in [5, 5.41) is 0. The first-order valence-electron chi connectivity index (χ1n) is 2.88. The van der Waals surface area contributed by atoms with Gasteiger partial charge in [0.1, 0.15) is 6.29 Å². The maximum atomic E-state index is 10.2. The van der Waals surface area contributed by atoms with Crippen molar-refractivity contribution in [2.24, 2.45) is 5.84 Å². The van der Waals surface area contributed by atoms with Gasteiger partial charge < -0.3 is 5.43 Å². The summed E-state index contributed by atoms with van der Waals surface area (Å²) in [5.41, 5.74) is 3.80. The van der Waals surface area contributed by atoms with Crippen molar-refractivity contribution in [3.8, 4) is 0 Å². The summed E-state index contributed by atoms with van der Waals surface area (Å²) in [7, 11) is 0. The third kappa shape index (κ3) is 1.33. The van der Waals surface area contributed by atoms with Crippen LogP contribution in [0.15, 0.2) is 24.3 Å². The molecular weight excluding hydrogens is 128 g/mol. The monoisotopic (exact) mass is 136 g/mol. The van der Waals surface area contributed by atoms with Crippen molar-refractivity contribution in [3.05, 3.63) is 29.8 Å². The third-order valence-electron chi connectivity index (χ3n) is 1.19. The number of aldehydes is 1. The standard InChI is InChI=1S/C7H8N2O/c8-9-7-3-1-2-6(4-7)5-10/h1-5,9H,8H2. The highest BCUT2D eigenvalue weighted by Gasteiger charge is 1.89. The van der Waals surface area contributed by atoms with Crippen LogP contribution in [0.3, 0.4) is 0 Å². The van der Waals surface area contributed by atoms with Crippen molar-refractivity contribution in [1.29, 1.82) is 0 Å². The molecule has 0 radical (unpaired) electrons. The van der Waals surface area contributed by atoms with E-state index in [1.165, 1.54) is 0 Å². The molecule has 0 aliphatic heterocycles. The fraction of sp³-hybridized carbons (Fsp3) is 0. The van der Waals surface area contributed by atoms with Crippen molar-refractivity contribution in [2.45, 2.75) is 0 Å². The normalized spacial score (nSPS) is 8.90. The predicted molar refractivity (Wildman–Crippen MR) is 39.6 cm³/mol. The average molecular weight is 136 g/mol. The molecule has 0 atom stereocenters. The van der Waals surface area contributed by atoms with Crippen LogP contribution < -0.4 is 11.3 Å². The van der Waals surface area contributed by atoms with E-state index in [2.05, 4.69) is 5.43 Å². The van der Waals surface area contributed by atoms with Gasteiger partial charge in [0.05, 0.1) is 0 Å². The third-order valence-corrected chi connectivity index (χ3v) is 1.19. The van der Waals surface area contributed by atoms with Crippen LogP contribution in [0.1, 0.15) is 10.4 Å². The lowest BCUT2D eigenvalue weighted by Crippen LogP contribution is -2.06. The number of carbonyl (C=O) groups excluding carboxylic acids is 1. The molecule has 0 fully saturated rings. The molecule has 3 heteroatoms. The Bertz CT molecular complexity index is 235. The van der Waals surface area contributed by atoms with Gasteiger partial charge >= 0.3 is 0 Å². The molecule has 0 heterocycles. The topological polar surface area (TPSA) is 55.1 Å². The molecule has 0 aliphatic carbocycles. The van der Waals surface area contributed by atoms with Gasteiger partial charge in [-0.25, -0.2) is 0 Å². The molecule has 0 saturated heterocycles. The average Bonchev–Trinajstić information content (AvgIpc) is 2.05. The van der Waals surface area contributed by atoms with Crippen LogP contribution >= 0.6 is 0 Å². The first kappa shape index (κ1) is 6.77. The van der Waals surface area contributed by atoms with Crippen molar-refractivity contribution in [2.75, 3.05) is 5.43 Å². The Hall–Kier alpha value is -1.35. The van der Waals surface area contributed by atoms with E-state index in [1.54, 1.807) is 24.3 Å². The fourth-order valence-electron chi connectivity index (χ4n) is 0.702. The maximum Gasteiger partial charge on any atom is 0.150 e. The van der Waals surface area contributed by atoms with Gasteiger partial charge in [-0.1, -0.05) is 12.1 Å². The highest BCUT2D eigenvalue weighted by Crippen LogP contribution is 2.06. The SMILES string of the molecule is NNc1cccc(C=O)c1. The van der Waals surface area contributed by atoms with Gasteiger partial charge in [-0.2, -0.15) is 0 Å². The predicted octanol–water partition coefficient (Wildman–Crippen LogP) is 0.785. The molecule has 3 N–H and O–H groups in total.